The predicted octanol–water partition coefficient (Wildman–Crippen LogP) is 2.92. The summed E-state index contributed by atoms with van der Waals surface area (Å²) in [6.07, 6.45) is 5.43. The molecule has 1 aliphatic carbocycles. The lowest BCUT2D eigenvalue weighted by molar-refractivity contribution is 0.102. The Labute approximate surface area is 123 Å². The van der Waals surface area contributed by atoms with Gasteiger partial charge >= 0.3 is 0 Å². The first-order chi connectivity index (χ1) is 10.1. The van der Waals surface area contributed by atoms with Crippen LogP contribution >= 0.6 is 0 Å². The highest BCUT2D eigenvalue weighted by atomic mass is 16.1. The average molecular weight is 282 g/mol. The third-order valence-corrected chi connectivity index (χ3v) is 3.45. The molecule has 0 unspecified atom stereocenters. The third-order valence-electron chi connectivity index (χ3n) is 3.45. The molecule has 1 amide bonds. The largest absolute Gasteiger partial charge is 0.351 e. The summed E-state index contributed by atoms with van der Waals surface area (Å²) in [6.45, 7) is 4.00. The Kier molecular flexibility index (Phi) is 3.56. The van der Waals surface area contributed by atoms with Gasteiger partial charge in [-0.3, -0.25) is 4.79 Å². The molecular weight excluding hydrogens is 264 g/mol. The highest BCUT2D eigenvalue weighted by Crippen LogP contribution is 2.22. The van der Waals surface area contributed by atoms with Gasteiger partial charge in [-0.1, -0.05) is 17.7 Å². The second kappa shape index (κ2) is 5.52. The van der Waals surface area contributed by atoms with Crippen LogP contribution < -0.4 is 10.6 Å². The van der Waals surface area contributed by atoms with Crippen LogP contribution in [0, 0.1) is 13.8 Å². The van der Waals surface area contributed by atoms with Gasteiger partial charge in [-0.15, -0.1) is 0 Å². The van der Waals surface area contributed by atoms with Gasteiger partial charge < -0.3 is 10.6 Å². The quantitative estimate of drug-likeness (QED) is 0.904. The minimum absolute atomic E-state index is 0.195. The monoisotopic (exact) mass is 282 g/mol. The van der Waals surface area contributed by atoms with Crippen LogP contribution in [-0.2, 0) is 0 Å². The number of amides is 1. The van der Waals surface area contributed by atoms with Crippen molar-refractivity contribution in [2.45, 2.75) is 32.7 Å². The molecule has 1 heterocycles. The lowest BCUT2D eigenvalue weighted by Crippen LogP contribution is -2.14. The van der Waals surface area contributed by atoms with Crippen molar-refractivity contribution < 1.29 is 4.79 Å². The minimum atomic E-state index is -0.195. The fraction of sp³-hybridized carbons (Fsp3) is 0.312. The maximum absolute atomic E-state index is 12.2. The molecule has 5 nitrogen and oxygen atoms in total. The number of anilines is 2. The average Bonchev–Trinajstić information content (AvgIpc) is 3.26. The van der Waals surface area contributed by atoms with Crippen LogP contribution in [0.4, 0.5) is 11.6 Å². The Morgan fingerprint density at radius 2 is 1.90 bits per heavy atom. The van der Waals surface area contributed by atoms with Crippen molar-refractivity contribution in [3.63, 3.8) is 0 Å². The molecule has 1 aromatic carbocycles. The van der Waals surface area contributed by atoms with E-state index >= 15 is 0 Å². The van der Waals surface area contributed by atoms with Crippen molar-refractivity contribution in [1.29, 1.82) is 0 Å². The topological polar surface area (TPSA) is 66.9 Å². The molecule has 0 saturated heterocycles. The molecule has 1 saturated carbocycles. The Bertz CT molecular complexity index is 662. The number of hydrogen-bond donors (Lipinski definition) is 2. The minimum Gasteiger partial charge on any atom is -0.351 e. The standard InChI is InChI=1S/C16H18N4O/c1-10-3-6-14(11(2)7-10)20-15(21)12-8-17-16(18-9-12)19-13-4-5-13/h3,6-9,13H,4-5H2,1-2H3,(H,20,21)(H,17,18,19). The molecule has 5 heteroatoms. The maximum Gasteiger partial charge on any atom is 0.258 e. The smallest absolute Gasteiger partial charge is 0.258 e. The van der Waals surface area contributed by atoms with E-state index in [4.69, 9.17) is 0 Å². The fourth-order valence-corrected chi connectivity index (χ4v) is 2.08. The summed E-state index contributed by atoms with van der Waals surface area (Å²) in [4.78, 5) is 20.5. The molecule has 1 aromatic heterocycles. The van der Waals surface area contributed by atoms with E-state index in [2.05, 4.69) is 20.6 Å². The Balaban J connectivity index is 1.69. The van der Waals surface area contributed by atoms with Gasteiger partial charge in [0.1, 0.15) is 0 Å². The third kappa shape index (κ3) is 3.37. The zero-order chi connectivity index (χ0) is 14.8. The predicted molar refractivity (Wildman–Crippen MR) is 82.5 cm³/mol. The molecule has 108 valence electrons. The van der Waals surface area contributed by atoms with E-state index in [1.165, 1.54) is 5.56 Å². The van der Waals surface area contributed by atoms with Crippen LogP contribution in [-0.4, -0.2) is 21.9 Å². The van der Waals surface area contributed by atoms with Gasteiger partial charge in [0, 0.05) is 24.1 Å². The van der Waals surface area contributed by atoms with Gasteiger partial charge in [0.15, 0.2) is 0 Å². The number of nitrogens with one attached hydrogen (secondary N) is 2. The van der Waals surface area contributed by atoms with Gasteiger partial charge in [0.2, 0.25) is 5.95 Å². The van der Waals surface area contributed by atoms with Gasteiger partial charge in [0.25, 0.3) is 5.91 Å². The van der Waals surface area contributed by atoms with Crippen LogP contribution in [0.25, 0.3) is 0 Å². The highest BCUT2D eigenvalue weighted by molar-refractivity contribution is 6.04. The number of benzene rings is 1. The Morgan fingerprint density at radius 1 is 1.19 bits per heavy atom. The van der Waals surface area contributed by atoms with E-state index in [-0.39, 0.29) is 5.91 Å². The Hall–Kier alpha value is -2.43. The number of hydrogen-bond acceptors (Lipinski definition) is 4. The van der Waals surface area contributed by atoms with Crippen LogP contribution in [0.3, 0.4) is 0 Å². The van der Waals surface area contributed by atoms with E-state index in [0.29, 0.717) is 17.6 Å². The number of rotatable bonds is 4. The number of aromatic nitrogens is 2. The lowest BCUT2D eigenvalue weighted by atomic mass is 10.1. The number of aryl methyl sites for hydroxylation is 2. The SMILES string of the molecule is Cc1ccc(NC(=O)c2cnc(NC3CC3)nc2)c(C)c1. The maximum atomic E-state index is 12.2. The van der Waals surface area contributed by atoms with Crippen LogP contribution in [0.2, 0.25) is 0 Å². The van der Waals surface area contributed by atoms with Crippen LogP contribution in [0.15, 0.2) is 30.6 Å². The van der Waals surface area contributed by atoms with E-state index in [0.717, 1.165) is 24.1 Å². The number of carbonyl (C=O) groups is 1. The Morgan fingerprint density at radius 3 is 2.52 bits per heavy atom. The summed E-state index contributed by atoms with van der Waals surface area (Å²) in [5.74, 6) is 0.389. The first kappa shape index (κ1) is 13.5. The molecule has 2 aromatic rings. The van der Waals surface area contributed by atoms with Gasteiger partial charge in [-0.25, -0.2) is 9.97 Å². The van der Waals surface area contributed by atoms with E-state index in [1.54, 1.807) is 12.4 Å². The molecule has 0 bridgehead atoms. The normalized spacial score (nSPS) is 13.8. The summed E-state index contributed by atoms with van der Waals surface area (Å²) in [5, 5.41) is 6.08. The molecule has 2 N–H and O–H groups in total. The zero-order valence-corrected chi connectivity index (χ0v) is 12.2. The molecule has 0 atom stereocenters. The van der Waals surface area contributed by atoms with E-state index in [1.807, 2.05) is 32.0 Å². The first-order valence-electron chi connectivity index (χ1n) is 7.09. The zero-order valence-electron chi connectivity index (χ0n) is 12.2. The summed E-state index contributed by atoms with van der Waals surface area (Å²) < 4.78 is 0. The van der Waals surface area contributed by atoms with E-state index in [9.17, 15) is 4.79 Å². The van der Waals surface area contributed by atoms with Crippen molar-refractivity contribution in [1.82, 2.24) is 9.97 Å². The van der Waals surface area contributed by atoms with Crippen molar-refractivity contribution in [2.24, 2.45) is 0 Å². The second-order valence-corrected chi connectivity index (χ2v) is 5.49. The molecule has 21 heavy (non-hydrogen) atoms. The van der Waals surface area contributed by atoms with Crippen LogP contribution in [0.1, 0.15) is 34.3 Å². The molecule has 0 radical (unpaired) electrons. The summed E-state index contributed by atoms with van der Waals surface area (Å²) in [6, 6.07) is 6.42. The molecule has 0 aliphatic heterocycles. The van der Waals surface area contributed by atoms with Crippen molar-refractivity contribution in [3.8, 4) is 0 Å². The van der Waals surface area contributed by atoms with E-state index < -0.39 is 0 Å². The molecule has 3 rings (SSSR count). The number of nitrogens with zero attached hydrogens (tertiary/aromatic N) is 2. The van der Waals surface area contributed by atoms with Gasteiger partial charge in [0.05, 0.1) is 5.56 Å². The molecule has 1 fully saturated rings. The highest BCUT2D eigenvalue weighted by Gasteiger charge is 2.21. The number of carbonyl (C=O) groups excluding carboxylic acids is 1. The second-order valence-electron chi connectivity index (χ2n) is 5.49. The molecule has 1 aliphatic rings. The summed E-state index contributed by atoms with van der Waals surface area (Å²) >= 11 is 0. The van der Waals surface area contributed by atoms with Gasteiger partial charge in [-0.05, 0) is 38.3 Å². The first-order valence-corrected chi connectivity index (χ1v) is 7.09. The summed E-state index contributed by atoms with van der Waals surface area (Å²) in [7, 11) is 0. The molecular formula is C16H18N4O. The fourth-order valence-electron chi connectivity index (χ4n) is 2.08. The molecule has 0 spiro atoms. The van der Waals surface area contributed by atoms with Crippen molar-refractivity contribution in [3.05, 3.63) is 47.3 Å². The van der Waals surface area contributed by atoms with Crippen molar-refractivity contribution in [2.75, 3.05) is 10.6 Å². The van der Waals surface area contributed by atoms with Crippen LogP contribution in [0.5, 0.6) is 0 Å². The van der Waals surface area contributed by atoms with Gasteiger partial charge in [-0.2, -0.15) is 0 Å². The lowest BCUT2D eigenvalue weighted by Gasteiger charge is -2.09. The summed E-state index contributed by atoms with van der Waals surface area (Å²) in [5.41, 5.74) is 3.47. The van der Waals surface area contributed by atoms with Crippen molar-refractivity contribution >= 4 is 17.5 Å².